The molecule has 2 aromatic rings. The highest BCUT2D eigenvalue weighted by Crippen LogP contribution is 2.38. The summed E-state index contributed by atoms with van der Waals surface area (Å²) in [6, 6.07) is 3.67. The zero-order valence-electron chi connectivity index (χ0n) is 16.6. The van der Waals surface area contributed by atoms with Crippen LogP contribution in [0, 0.1) is 10.1 Å². The average molecular weight is 449 g/mol. The molecule has 158 valence electrons. The molecule has 0 bridgehead atoms. The first-order valence-corrected chi connectivity index (χ1v) is 10.7. The number of halogens is 1. The van der Waals surface area contributed by atoms with E-state index in [1.165, 1.54) is 23.5 Å². The number of aryl methyl sites for hydroxylation is 1. The molecule has 2 amide bonds. The zero-order chi connectivity index (χ0) is 21.8. The summed E-state index contributed by atoms with van der Waals surface area (Å²) < 4.78 is 0. The highest BCUT2D eigenvalue weighted by atomic mass is 35.5. The maximum absolute atomic E-state index is 12.9. The molecule has 0 radical (unpaired) electrons. The number of carbonyl (C=O) groups excluding carboxylic acids is 2. The summed E-state index contributed by atoms with van der Waals surface area (Å²) in [7, 11) is 0. The molecular formula is C20H21ClN4O4S. The van der Waals surface area contributed by atoms with Crippen LogP contribution >= 0.6 is 22.9 Å². The van der Waals surface area contributed by atoms with Crippen LogP contribution in [0.3, 0.4) is 0 Å². The van der Waals surface area contributed by atoms with E-state index >= 15 is 0 Å². The van der Waals surface area contributed by atoms with Crippen LogP contribution in [0.25, 0.3) is 0 Å². The summed E-state index contributed by atoms with van der Waals surface area (Å²) in [6.07, 6.45) is 4.65. The smallest absolute Gasteiger partial charge is 0.274 e. The van der Waals surface area contributed by atoms with Crippen LogP contribution in [0.15, 0.2) is 23.3 Å². The number of nitrogens with one attached hydrogen (secondary N) is 2. The van der Waals surface area contributed by atoms with Gasteiger partial charge in [-0.05, 0) is 51.2 Å². The number of hydrazone groups is 1. The Morgan fingerprint density at radius 1 is 1.17 bits per heavy atom. The number of thiophene rings is 1. The van der Waals surface area contributed by atoms with Crippen molar-refractivity contribution >= 4 is 51.2 Å². The second-order valence-electron chi connectivity index (χ2n) is 7.14. The zero-order valence-corrected chi connectivity index (χ0v) is 18.2. The molecule has 2 N–H and O–H groups in total. The average Bonchev–Trinajstić information content (AvgIpc) is 2.86. The van der Waals surface area contributed by atoms with Gasteiger partial charge in [-0.25, -0.2) is 5.43 Å². The molecule has 0 fully saturated rings. The molecular weight excluding hydrogens is 428 g/mol. The van der Waals surface area contributed by atoms with E-state index in [1.54, 1.807) is 13.8 Å². The lowest BCUT2D eigenvalue weighted by atomic mass is 10.0. The number of amides is 2. The summed E-state index contributed by atoms with van der Waals surface area (Å²) in [5, 5.41) is 18.3. The number of nitro benzene ring substituents is 1. The van der Waals surface area contributed by atoms with Crippen LogP contribution in [-0.2, 0) is 12.8 Å². The Balaban J connectivity index is 1.98. The van der Waals surface area contributed by atoms with Gasteiger partial charge in [0.15, 0.2) is 0 Å². The van der Waals surface area contributed by atoms with Gasteiger partial charge >= 0.3 is 0 Å². The number of non-ortho nitro benzene ring substituents is 1. The number of fused-ring (bicyclic) bond motifs is 1. The Morgan fingerprint density at radius 2 is 1.90 bits per heavy atom. The lowest BCUT2D eigenvalue weighted by molar-refractivity contribution is -0.384. The maximum Gasteiger partial charge on any atom is 0.274 e. The molecule has 0 atom stereocenters. The highest BCUT2D eigenvalue weighted by molar-refractivity contribution is 7.17. The predicted molar refractivity (Wildman–Crippen MR) is 118 cm³/mol. The van der Waals surface area contributed by atoms with E-state index in [9.17, 15) is 19.7 Å². The monoisotopic (exact) mass is 448 g/mol. The second kappa shape index (κ2) is 9.36. The van der Waals surface area contributed by atoms with Crippen LogP contribution in [0.5, 0.6) is 0 Å². The largest absolute Gasteiger partial charge is 0.313 e. The number of hydrogen-bond donors (Lipinski definition) is 2. The van der Waals surface area contributed by atoms with E-state index in [-0.39, 0.29) is 16.3 Å². The SMILES string of the molecule is CC(C)=NNC(=O)c1c(NC(=O)c2cc([N+](=O)[O-])ccc2Cl)sc2c1CCCCC2. The first kappa shape index (κ1) is 21.9. The van der Waals surface area contributed by atoms with Crippen molar-refractivity contribution in [3.8, 4) is 0 Å². The molecule has 1 heterocycles. The summed E-state index contributed by atoms with van der Waals surface area (Å²) in [6.45, 7) is 3.53. The minimum absolute atomic E-state index is 0.0248. The number of nitro groups is 1. The number of benzene rings is 1. The summed E-state index contributed by atoms with van der Waals surface area (Å²) in [5.41, 5.74) is 4.29. The fraction of sp³-hybridized carbons (Fsp3) is 0.350. The minimum Gasteiger partial charge on any atom is -0.313 e. The molecule has 0 aliphatic heterocycles. The summed E-state index contributed by atoms with van der Waals surface area (Å²) in [4.78, 5) is 37.2. The Bertz CT molecular complexity index is 1040. The van der Waals surface area contributed by atoms with Crippen molar-refractivity contribution < 1.29 is 14.5 Å². The van der Waals surface area contributed by atoms with Crippen molar-refractivity contribution in [3.63, 3.8) is 0 Å². The number of hydrogen-bond acceptors (Lipinski definition) is 6. The van der Waals surface area contributed by atoms with Gasteiger partial charge in [-0.15, -0.1) is 11.3 Å². The van der Waals surface area contributed by atoms with Crippen LogP contribution in [0.2, 0.25) is 5.02 Å². The van der Waals surface area contributed by atoms with Gasteiger partial charge in [0.05, 0.1) is 21.1 Å². The van der Waals surface area contributed by atoms with Gasteiger partial charge in [-0.2, -0.15) is 5.10 Å². The van der Waals surface area contributed by atoms with E-state index in [0.717, 1.165) is 48.6 Å². The molecule has 3 rings (SSSR count). The van der Waals surface area contributed by atoms with E-state index < -0.39 is 16.7 Å². The fourth-order valence-corrected chi connectivity index (χ4v) is 4.75. The van der Waals surface area contributed by atoms with E-state index in [2.05, 4.69) is 15.8 Å². The third kappa shape index (κ3) is 4.85. The normalized spacial score (nSPS) is 13.0. The molecule has 8 nitrogen and oxygen atoms in total. The Kier molecular flexibility index (Phi) is 6.84. The second-order valence-corrected chi connectivity index (χ2v) is 8.66. The van der Waals surface area contributed by atoms with Gasteiger partial charge in [0.25, 0.3) is 17.5 Å². The highest BCUT2D eigenvalue weighted by Gasteiger charge is 2.27. The van der Waals surface area contributed by atoms with Gasteiger partial charge in [-0.1, -0.05) is 18.0 Å². The lowest BCUT2D eigenvalue weighted by Gasteiger charge is -2.09. The van der Waals surface area contributed by atoms with Crippen molar-refractivity contribution in [1.29, 1.82) is 0 Å². The maximum atomic E-state index is 12.9. The molecule has 0 spiro atoms. The molecule has 10 heteroatoms. The summed E-state index contributed by atoms with van der Waals surface area (Å²) >= 11 is 7.45. The van der Waals surface area contributed by atoms with Crippen LogP contribution in [0.1, 0.15) is 64.3 Å². The first-order chi connectivity index (χ1) is 14.3. The van der Waals surface area contributed by atoms with Crippen molar-refractivity contribution in [1.82, 2.24) is 5.43 Å². The van der Waals surface area contributed by atoms with Gasteiger partial charge in [0.2, 0.25) is 0 Å². The quantitative estimate of drug-likeness (QED) is 0.291. The number of nitrogens with zero attached hydrogens (tertiary/aromatic N) is 2. The fourth-order valence-electron chi connectivity index (χ4n) is 3.26. The third-order valence-corrected chi connectivity index (χ3v) is 6.20. The van der Waals surface area contributed by atoms with Crippen molar-refractivity contribution in [2.24, 2.45) is 5.10 Å². The van der Waals surface area contributed by atoms with E-state index in [0.29, 0.717) is 16.3 Å². The van der Waals surface area contributed by atoms with E-state index in [1.807, 2.05) is 0 Å². The standard InChI is InChI=1S/C20H21ClN4O4S/c1-11(2)23-24-19(27)17-13-6-4-3-5-7-16(13)30-20(17)22-18(26)14-10-12(25(28)29)8-9-15(14)21/h8-10H,3-7H2,1-2H3,(H,22,26)(H,24,27). The van der Waals surface area contributed by atoms with Crippen molar-refractivity contribution in [2.75, 3.05) is 5.32 Å². The molecule has 0 unspecified atom stereocenters. The molecule has 1 aliphatic carbocycles. The predicted octanol–water partition coefficient (Wildman–Crippen LogP) is 4.96. The first-order valence-electron chi connectivity index (χ1n) is 9.49. The van der Waals surface area contributed by atoms with Crippen molar-refractivity contribution in [3.05, 3.63) is 54.9 Å². The van der Waals surface area contributed by atoms with Crippen LogP contribution in [-0.4, -0.2) is 22.4 Å². The van der Waals surface area contributed by atoms with Gasteiger partial charge in [0, 0.05) is 22.7 Å². The third-order valence-electron chi connectivity index (χ3n) is 4.66. The number of carbonyl (C=O) groups is 2. The van der Waals surface area contributed by atoms with Gasteiger partial charge in [-0.3, -0.25) is 19.7 Å². The number of anilines is 1. The lowest BCUT2D eigenvalue weighted by Crippen LogP contribution is -2.22. The summed E-state index contributed by atoms with van der Waals surface area (Å²) in [5.74, 6) is -1.000. The topological polar surface area (TPSA) is 114 Å². The Hall–Kier alpha value is -2.78. The minimum atomic E-state index is -0.607. The Morgan fingerprint density at radius 3 is 2.60 bits per heavy atom. The number of rotatable bonds is 5. The molecule has 0 saturated carbocycles. The molecule has 30 heavy (non-hydrogen) atoms. The van der Waals surface area contributed by atoms with Crippen LogP contribution in [0.4, 0.5) is 10.7 Å². The van der Waals surface area contributed by atoms with Crippen LogP contribution < -0.4 is 10.7 Å². The van der Waals surface area contributed by atoms with Gasteiger partial charge < -0.3 is 5.32 Å². The molecule has 0 saturated heterocycles. The molecule has 1 aromatic heterocycles. The van der Waals surface area contributed by atoms with E-state index in [4.69, 9.17) is 11.6 Å². The van der Waals surface area contributed by atoms with Crippen molar-refractivity contribution in [2.45, 2.75) is 46.0 Å². The van der Waals surface area contributed by atoms with Gasteiger partial charge in [0.1, 0.15) is 5.00 Å². The molecule has 1 aromatic carbocycles. The Labute approximate surface area is 182 Å². The molecule has 1 aliphatic rings.